The number of thiophene rings is 1. The van der Waals surface area contributed by atoms with Crippen molar-refractivity contribution in [3.05, 3.63) is 101 Å². The zero-order chi connectivity index (χ0) is 26.7. The lowest BCUT2D eigenvalue weighted by atomic mass is 10.0. The second-order valence-corrected chi connectivity index (χ2v) is 11.5. The van der Waals surface area contributed by atoms with Gasteiger partial charge in [-0.3, -0.25) is 14.8 Å². The van der Waals surface area contributed by atoms with Crippen molar-refractivity contribution in [2.45, 2.75) is 10.9 Å². The highest BCUT2D eigenvalue weighted by Gasteiger charge is 2.41. The van der Waals surface area contributed by atoms with E-state index in [0.717, 1.165) is 26.6 Å². The molecule has 1 unspecified atom stereocenters. The summed E-state index contributed by atoms with van der Waals surface area (Å²) in [5.74, 6) is -1.22. The molecule has 2 heterocycles. The first-order chi connectivity index (χ1) is 18.4. The van der Waals surface area contributed by atoms with Crippen molar-refractivity contribution in [2.24, 2.45) is 0 Å². The maximum atomic E-state index is 13.5. The highest BCUT2D eigenvalue weighted by Crippen LogP contribution is 2.27. The van der Waals surface area contributed by atoms with Crippen LogP contribution in [0.15, 0.2) is 101 Å². The predicted molar refractivity (Wildman–Crippen MR) is 145 cm³/mol. The number of benzene rings is 3. The Morgan fingerprint density at radius 2 is 1.45 bits per heavy atom. The summed E-state index contributed by atoms with van der Waals surface area (Å²) >= 11 is 1.55. The van der Waals surface area contributed by atoms with Gasteiger partial charge in [0.25, 0.3) is 11.8 Å². The Balaban J connectivity index is 1.35. The van der Waals surface area contributed by atoms with Gasteiger partial charge in [-0.15, -0.1) is 0 Å². The molecule has 1 atom stereocenters. The molecule has 10 heteroatoms. The van der Waals surface area contributed by atoms with Gasteiger partial charge in [0.1, 0.15) is 6.04 Å². The quantitative estimate of drug-likeness (QED) is 0.279. The monoisotopic (exact) mass is 547 g/mol. The van der Waals surface area contributed by atoms with Crippen molar-refractivity contribution in [1.29, 1.82) is 0 Å². The Hall–Kier alpha value is -3.83. The number of hydroxylamine groups is 1. The number of hydrogen-bond acceptors (Lipinski definition) is 6. The number of carbonyl (C=O) groups is 2. The van der Waals surface area contributed by atoms with E-state index in [0.29, 0.717) is 5.56 Å². The number of hydrogen-bond donors (Lipinski definition) is 2. The van der Waals surface area contributed by atoms with Crippen LogP contribution in [0.3, 0.4) is 0 Å². The van der Waals surface area contributed by atoms with E-state index in [1.807, 2.05) is 59.3 Å². The van der Waals surface area contributed by atoms with Crippen LogP contribution in [-0.2, 0) is 14.8 Å². The number of amides is 2. The zero-order valence-corrected chi connectivity index (χ0v) is 21.9. The molecule has 8 nitrogen and oxygen atoms in total. The zero-order valence-electron chi connectivity index (χ0n) is 20.2. The lowest BCUT2D eigenvalue weighted by Crippen LogP contribution is -2.61. The molecule has 194 valence electrons. The molecular formula is C28H25N3O5S2. The van der Waals surface area contributed by atoms with Crippen molar-refractivity contribution in [2.75, 3.05) is 19.6 Å². The Kier molecular flexibility index (Phi) is 7.39. The summed E-state index contributed by atoms with van der Waals surface area (Å²) < 4.78 is 28.0. The van der Waals surface area contributed by atoms with Crippen molar-refractivity contribution in [1.82, 2.24) is 14.7 Å². The largest absolute Gasteiger partial charge is 0.335 e. The number of nitrogens with zero attached hydrogens (tertiary/aromatic N) is 2. The van der Waals surface area contributed by atoms with E-state index in [1.54, 1.807) is 41.1 Å². The fourth-order valence-corrected chi connectivity index (χ4v) is 6.76. The van der Waals surface area contributed by atoms with Crippen molar-refractivity contribution < 1.29 is 23.2 Å². The lowest BCUT2D eigenvalue weighted by molar-refractivity contribution is -0.134. The first-order valence-electron chi connectivity index (χ1n) is 11.9. The molecule has 5 rings (SSSR count). The molecule has 2 amide bonds. The first kappa shape index (κ1) is 25.8. The molecule has 2 N–H and O–H groups in total. The van der Waals surface area contributed by atoms with Crippen LogP contribution in [0.2, 0.25) is 0 Å². The molecule has 38 heavy (non-hydrogen) atoms. The van der Waals surface area contributed by atoms with E-state index in [1.165, 1.54) is 17.0 Å². The fourth-order valence-electron chi connectivity index (χ4n) is 4.53. The molecule has 1 aromatic heterocycles. The van der Waals surface area contributed by atoms with Gasteiger partial charge >= 0.3 is 0 Å². The number of piperazine rings is 1. The molecule has 1 fully saturated rings. The Bertz CT molecular complexity index is 1520. The van der Waals surface area contributed by atoms with Gasteiger partial charge in [-0.25, -0.2) is 13.9 Å². The molecule has 4 aromatic rings. The maximum Gasteiger partial charge on any atom is 0.263 e. The minimum atomic E-state index is -4.08. The van der Waals surface area contributed by atoms with E-state index in [9.17, 15) is 23.2 Å². The molecular weight excluding hydrogens is 522 g/mol. The van der Waals surface area contributed by atoms with Gasteiger partial charge in [-0.1, -0.05) is 54.6 Å². The van der Waals surface area contributed by atoms with E-state index in [4.69, 9.17) is 0 Å². The number of rotatable bonds is 6. The highest BCUT2D eigenvalue weighted by molar-refractivity contribution is 7.89. The van der Waals surface area contributed by atoms with Gasteiger partial charge in [-0.2, -0.15) is 15.6 Å². The maximum absolute atomic E-state index is 13.5. The van der Waals surface area contributed by atoms with Gasteiger partial charge in [0.2, 0.25) is 10.0 Å². The molecule has 0 spiro atoms. The SMILES string of the molecule is O=C(NO)C1CN(C(=O)c2ccc(-c3ccccc3)cc2)CCN1S(=O)(=O)c1ccc(-c2ccsc2)cc1. The van der Waals surface area contributed by atoms with E-state index in [2.05, 4.69) is 0 Å². The molecule has 0 saturated carbocycles. The highest BCUT2D eigenvalue weighted by atomic mass is 32.2. The van der Waals surface area contributed by atoms with Gasteiger partial charge < -0.3 is 4.90 Å². The molecule has 1 saturated heterocycles. The van der Waals surface area contributed by atoms with Crippen LogP contribution < -0.4 is 5.48 Å². The number of carbonyl (C=O) groups excluding carboxylic acids is 2. The first-order valence-corrected chi connectivity index (χ1v) is 14.3. The predicted octanol–water partition coefficient (Wildman–Crippen LogP) is 4.10. The van der Waals surface area contributed by atoms with E-state index < -0.39 is 22.0 Å². The van der Waals surface area contributed by atoms with Gasteiger partial charge in [0.15, 0.2) is 0 Å². The van der Waals surface area contributed by atoms with Crippen LogP contribution in [0.4, 0.5) is 0 Å². The molecule has 0 aliphatic carbocycles. The summed E-state index contributed by atoms with van der Waals surface area (Å²) in [4.78, 5) is 27.3. The summed E-state index contributed by atoms with van der Waals surface area (Å²) in [6.07, 6.45) is 0. The molecule has 0 bridgehead atoms. The summed E-state index contributed by atoms with van der Waals surface area (Å²) in [6.45, 7) is -0.195. The van der Waals surface area contributed by atoms with Crippen LogP contribution in [0, 0.1) is 0 Å². The standard InChI is InChI=1S/C28H25N3O5S2/c32-27(29-34)26-18-30(28(33)23-8-6-21(7-9-23)20-4-2-1-3-5-20)15-16-31(26)38(35,36)25-12-10-22(11-13-25)24-14-17-37-19-24/h1-14,17,19,26,34H,15-16,18H2,(H,29,32). The van der Waals surface area contributed by atoms with Gasteiger partial charge in [0.05, 0.1) is 4.90 Å². The van der Waals surface area contributed by atoms with Gasteiger partial charge in [-0.05, 0) is 63.3 Å². The third-order valence-electron chi connectivity index (χ3n) is 6.59. The molecule has 1 aliphatic heterocycles. The molecule has 1 aliphatic rings. The smallest absolute Gasteiger partial charge is 0.263 e. The van der Waals surface area contributed by atoms with Crippen LogP contribution in [0.5, 0.6) is 0 Å². The third kappa shape index (κ3) is 5.11. The Morgan fingerprint density at radius 1 is 0.816 bits per heavy atom. The van der Waals surface area contributed by atoms with Crippen molar-refractivity contribution in [3.63, 3.8) is 0 Å². The Labute approximate surface area is 224 Å². The van der Waals surface area contributed by atoms with Crippen molar-refractivity contribution >= 4 is 33.2 Å². The van der Waals surface area contributed by atoms with Crippen LogP contribution in [0.25, 0.3) is 22.3 Å². The van der Waals surface area contributed by atoms with Crippen molar-refractivity contribution in [3.8, 4) is 22.3 Å². The summed E-state index contributed by atoms with van der Waals surface area (Å²) in [6, 6.07) is 24.0. The fraction of sp³-hybridized carbons (Fsp3) is 0.143. The van der Waals surface area contributed by atoms with Crippen LogP contribution >= 0.6 is 11.3 Å². The average Bonchev–Trinajstić information content (AvgIpc) is 3.52. The van der Waals surface area contributed by atoms with Crippen LogP contribution in [-0.4, -0.2) is 60.3 Å². The third-order valence-corrected chi connectivity index (χ3v) is 9.19. The summed E-state index contributed by atoms with van der Waals surface area (Å²) in [7, 11) is -4.08. The summed E-state index contributed by atoms with van der Waals surface area (Å²) in [5.41, 5.74) is 5.83. The van der Waals surface area contributed by atoms with Crippen LogP contribution in [0.1, 0.15) is 10.4 Å². The number of sulfonamides is 1. The second-order valence-electron chi connectivity index (χ2n) is 8.84. The number of nitrogens with one attached hydrogen (secondary N) is 1. The van der Waals surface area contributed by atoms with Gasteiger partial charge in [0, 0.05) is 25.2 Å². The van der Waals surface area contributed by atoms with E-state index >= 15 is 0 Å². The molecule has 0 radical (unpaired) electrons. The normalized spacial score (nSPS) is 16.2. The second kappa shape index (κ2) is 10.9. The lowest BCUT2D eigenvalue weighted by Gasteiger charge is -2.39. The Morgan fingerprint density at radius 3 is 2.08 bits per heavy atom. The minimum Gasteiger partial charge on any atom is -0.335 e. The summed E-state index contributed by atoms with van der Waals surface area (Å²) in [5, 5.41) is 13.3. The molecule has 3 aromatic carbocycles. The average molecular weight is 548 g/mol. The minimum absolute atomic E-state index is 0.0310. The van der Waals surface area contributed by atoms with E-state index in [-0.39, 0.29) is 30.4 Å². The topological polar surface area (TPSA) is 107 Å².